The molecule has 3 N–H and O–H groups in total. The Hall–Kier alpha value is -3.13. The van der Waals surface area contributed by atoms with Crippen molar-refractivity contribution in [1.29, 1.82) is 0 Å². The van der Waals surface area contributed by atoms with Crippen LogP contribution in [0.4, 0.5) is 0 Å². The Balaban J connectivity index is 1.47. The number of hydrogen-bond acceptors (Lipinski definition) is 4. The zero-order valence-electron chi connectivity index (χ0n) is 16.3. The normalized spacial score (nSPS) is 23.6. The van der Waals surface area contributed by atoms with Crippen molar-refractivity contribution in [3.8, 4) is 0 Å². The second-order valence-electron chi connectivity index (χ2n) is 7.80. The fourth-order valence-electron chi connectivity index (χ4n) is 4.25. The highest BCUT2D eigenvalue weighted by atomic mass is 16.5. The van der Waals surface area contributed by atoms with Crippen LogP contribution in [0, 0.1) is 11.8 Å². The molecule has 29 heavy (non-hydrogen) atoms. The molecule has 3 heterocycles. The lowest BCUT2D eigenvalue weighted by Gasteiger charge is -2.16. The minimum Gasteiger partial charge on any atom is -0.381 e. The molecule has 1 aromatic carbocycles. The van der Waals surface area contributed by atoms with E-state index in [-0.39, 0.29) is 29.6 Å². The second kappa shape index (κ2) is 6.73. The number of carbonyl (C=O) groups excluding carboxylic acids is 2. The molecule has 1 aliphatic carbocycles. The van der Waals surface area contributed by atoms with Gasteiger partial charge in [-0.2, -0.15) is 5.10 Å². The van der Waals surface area contributed by atoms with Crippen molar-refractivity contribution in [3.05, 3.63) is 53.5 Å². The van der Waals surface area contributed by atoms with Gasteiger partial charge < -0.3 is 20.4 Å². The standard InChI is InChI=1S/C21H23N5O3/c1-11(12-3-4-16-13(7-12)5-6-23-16)26-18(8-17(25-26)20(27)22-2)21(28)24-19-14-9-29-10-15(14)19/h3-8,11,14-15,19,23H,9-10H2,1-2H3,(H,22,27)(H,24,28). The molecule has 2 aliphatic rings. The van der Waals surface area contributed by atoms with Gasteiger partial charge in [0.25, 0.3) is 11.8 Å². The summed E-state index contributed by atoms with van der Waals surface area (Å²) in [5.74, 6) is 0.286. The molecular weight excluding hydrogens is 370 g/mol. The first kappa shape index (κ1) is 17.9. The Labute approximate surface area is 167 Å². The zero-order chi connectivity index (χ0) is 20.1. The van der Waals surface area contributed by atoms with E-state index in [1.165, 1.54) is 0 Å². The first-order valence-corrected chi connectivity index (χ1v) is 9.84. The van der Waals surface area contributed by atoms with Crippen LogP contribution in [-0.4, -0.2) is 52.9 Å². The maximum absolute atomic E-state index is 13.0. The quantitative estimate of drug-likeness (QED) is 0.614. The number of amides is 2. The molecule has 8 nitrogen and oxygen atoms in total. The number of nitrogens with zero attached hydrogens (tertiary/aromatic N) is 2. The van der Waals surface area contributed by atoms with Crippen LogP contribution in [0.25, 0.3) is 10.9 Å². The van der Waals surface area contributed by atoms with E-state index in [0.29, 0.717) is 30.7 Å². The Kier molecular flexibility index (Phi) is 4.16. The summed E-state index contributed by atoms with van der Waals surface area (Å²) in [5.41, 5.74) is 2.67. The van der Waals surface area contributed by atoms with Crippen molar-refractivity contribution >= 4 is 22.7 Å². The third-order valence-electron chi connectivity index (χ3n) is 6.10. The maximum atomic E-state index is 13.0. The molecular formula is C21H23N5O3. The van der Waals surface area contributed by atoms with Crippen LogP contribution in [-0.2, 0) is 4.74 Å². The average molecular weight is 393 g/mol. The summed E-state index contributed by atoms with van der Waals surface area (Å²) in [6.07, 6.45) is 1.89. The fourth-order valence-corrected chi connectivity index (χ4v) is 4.25. The van der Waals surface area contributed by atoms with Gasteiger partial charge in [0.2, 0.25) is 0 Å². The van der Waals surface area contributed by atoms with Crippen LogP contribution in [0.2, 0.25) is 0 Å². The molecule has 1 saturated heterocycles. The predicted octanol–water partition coefficient (Wildman–Crippen LogP) is 1.71. The van der Waals surface area contributed by atoms with E-state index >= 15 is 0 Å². The van der Waals surface area contributed by atoms with Gasteiger partial charge in [0, 0.05) is 42.7 Å². The average Bonchev–Trinajstić information content (AvgIpc) is 3.26. The van der Waals surface area contributed by atoms with Crippen molar-refractivity contribution in [3.63, 3.8) is 0 Å². The number of benzene rings is 1. The Morgan fingerprint density at radius 1 is 1.21 bits per heavy atom. The molecule has 8 heteroatoms. The van der Waals surface area contributed by atoms with Crippen LogP contribution in [0.1, 0.15) is 39.5 Å². The van der Waals surface area contributed by atoms with E-state index in [4.69, 9.17) is 4.74 Å². The number of hydrogen-bond donors (Lipinski definition) is 3. The van der Waals surface area contributed by atoms with Crippen molar-refractivity contribution in [2.24, 2.45) is 11.8 Å². The van der Waals surface area contributed by atoms with E-state index in [2.05, 4.69) is 26.8 Å². The minimum atomic E-state index is -0.317. The summed E-state index contributed by atoms with van der Waals surface area (Å²) in [6.45, 7) is 3.38. The Bertz CT molecular complexity index is 1090. The first-order valence-electron chi connectivity index (χ1n) is 9.84. The molecule has 5 rings (SSSR count). The van der Waals surface area contributed by atoms with E-state index in [1.807, 2.05) is 31.3 Å². The summed E-state index contributed by atoms with van der Waals surface area (Å²) in [4.78, 5) is 28.4. The van der Waals surface area contributed by atoms with Crippen LogP contribution >= 0.6 is 0 Å². The highest BCUT2D eigenvalue weighted by Crippen LogP contribution is 2.44. The molecule has 2 aromatic heterocycles. The molecule has 2 fully saturated rings. The van der Waals surface area contributed by atoms with Gasteiger partial charge in [-0.05, 0) is 36.1 Å². The molecule has 0 spiro atoms. The van der Waals surface area contributed by atoms with Crippen molar-refractivity contribution in [2.45, 2.75) is 19.0 Å². The number of H-pyrrole nitrogens is 1. The van der Waals surface area contributed by atoms with Crippen LogP contribution in [0.3, 0.4) is 0 Å². The van der Waals surface area contributed by atoms with E-state index in [1.54, 1.807) is 17.8 Å². The number of carbonyl (C=O) groups is 2. The molecule has 1 aliphatic heterocycles. The molecule has 0 bridgehead atoms. The maximum Gasteiger partial charge on any atom is 0.271 e. The summed E-state index contributed by atoms with van der Waals surface area (Å²) in [5, 5.41) is 11.2. The van der Waals surface area contributed by atoms with Crippen molar-refractivity contribution in [2.75, 3.05) is 20.3 Å². The summed E-state index contributed by atoms with van der Waals surface area (Å²) in [6, 6.07) is 9.59. The molecule has 2 amide bonds. The van der Waals surface area contributed by atoms with Gasteiger partial charge >= 0.3 is 0 Å². The number of ether oxygens (including phenoxy) is 1. The second-order valence-corrected chi connectivity index (χ2v) is 7.80. The number of aromatic nitrogens is 3. The predicted molar refractivity (Wildman–Crippen MR) is 107 cm³/mol. The Morgan fingerprint density at radius 2 is 2.00 bits per heavy atom. The molecule has 1 saturated carbocycles. The van der Waals surface area contributed by atoms with E-state index in [9.17, 15) is 9.59 Å². The van der Waals surface area contributed by atoms with Gasteiger partial charge in [0.05, 0.1) is 19.3 Å². The van der Waals surface area contributed by atoms with Crippen LogP contribution in [0.5, 0.6) is 0 Å². The molecule has 150 valence electrons. The van der Waals surface area contributed by atoms with Gasteiger partial charge in [-0.15, -0.1) is 0 Å². The third-order valence-corrected chi connectivity index (χ3v) is 6.10. The number of rotatable bonds is 5. The van der Waals surface area contributed by atoms with Crippen LogP contribution in [0.15, 0.2) is 36.5 Å². The smallest absolute Gasteiger partial charge is 0.271 e. The van der Waals surface area contributed by atoms with E-state index in [0.717, 1.165) is 16.5 Å². The third kappa shape index (κ3) is 3.00. The van der Waals surface area contributed by atoms with Crippen molar-refractivity contribution < 1.29 is 14.3 Å². The lowest BCUT2D eigenvalue weighted by Crippen LogP contribution is -2.32. The zero-order valence-corrected chi connectivity index (χ0v) is 16.3. The van der Waals surface area contributed by atoms with Crippen molar-refractivity contribution in [1.82, 2.24) is 25.4 Å². The molecule has 3 atom stereocenters. The van der Waals surface area contributed by atoms with Gasteiger partial charge in [-0.3, -0.25) is 14.3 Å². The fraction of sp³-hybridized carbons (Fsp3) is 0.381. The number of aromatic amines is 1. The highest BCUT2D eigenvalue weighted by molar-refractivity contribution is 5.98. The molecule has 0 radical (unpaired) electrons. The van der Waals surface area contributed by atoms with Gasteiger partial charge in [0.1, 0.15) is 5.69 Å². The summed E-state index contributed by atoms with van der Waals surface area (Å²) in [7, 11) is 1.55. The topological polar surface area (TPSA) is 101 Å². The number of nitrogens with one attached hydrogen (secondary N) is 3. The number of fused-ring (bicyclic) bond motifs is 2. The van der Waals surface area contributed by atoms with E-state index < -0.39 is 0 Å². The summed E-state index contributed by atoms with van der Waals surface area (Å²) >= 11 is 0. The van der Waals surface area contributed by atoms with Gasteiger partial charge in [0.15, 0.2) is 5.69 Å². The monoisotopic (exact) mass is 393 g/mol. The lowest BCUT2D eigenvalue weighted by molar-refractivity contribution is 0.0915. The molecule has 3 unspecified atom stereocenters. The van der Waals surface area contributed by atoms with Crippen LogP contribution < -0.4 is 10.6 Å². The lowest BCUT2D eigenvalue weighted by atomic mass is 10.1. The van der Waals surface area contributed by atoms with Gasteiger partial charge in [-0.1, -0.05) is 6.07 Å². The molecule has 3 aromatic rings. The Morgan fingerprint density at radius 3 is 2.76 bits per heavy atom. The minimum absolute atomic E-state index is 0.148. The highest BCUT2D eigenvalue weighted by Gasteiger charge is 2.55. The largest absolute Gasteiger partial charge is 0.381 e. The van der Waals surface area contributed by atoms with Gasteiger partial charge in [-0.25, -0.2) is 0 Å². The SMILES string of the molecule is CNC(=O)c1cc(C(=O)NC2C3COCC32)n(C(C)c2ccc3[nH]ccc3c2)n1. The summed E-state index contributed by atoms with van der Waals surface area (Å²) < 4.78 is 7.04. The first-order chi connectivity index (χ1) is 14.1.